The van der Waals surface area contributed by atoms with E-state index in [-0.39, 0.29) is 0 Å². The summed E-state index contributed by atoms with van der Waals surface area (Å²) in [6.45, 7) is 5.16. The third-order valence-electron chi connectivity index (χ3n) is 2.89. The average molecular weight is 222 g/mol. The highest BCUT2D eigenvalue weighted by molar-refractivity contribution is 8.00. The Hall–Kier alpha value is -0.670. The van der Waals surface area contributed by atoms with Gasteiger partial charge in [-0.25, -0.2) is 0 Å². The van der Waals surface area contributed by atoms with E-state index in [9.17, 15) is 0 Å². The van der Waals surface area contributed by atoms with Gasteiger partial charge in [0.05, 0.1) is 5.69 Å². The van der Waals surface area contributed by atoms with Crippen LogP contribution in [0.3, 0.4) is 0 Å². The van der Waals surface area contributed by atoms with Crippen LogP contribution in [0.1, 0.15) is 18.9 Å². The molecule has 15 heavy (non-hydrogen) atoms. The number of nitrogens with two attached hydrogens (primary N) is 1. The molecule has 0 bridgehead atoms. The maximum Gasteiger partial charge on any atom is 0.0510 e. The van der Waals surface area contributed by atoms with Crippen LogP contribution in [-0.4, -0.2) is 17.8 Å². The van der Waals surface area contributed by atoms with Crippen molar-refractivity contribution in [3.63, 3.8) is 0 Å². The van der Waals surface area contributed by atoms with Crippen LogP contribution in [-0.2, 0) is 0 Å². The second kappa shape index (κ2) is 4.45. The summed E-state index contributed by atoms with van der Waals surface area (Å²) in [4.78, 5) is 1.37. The first-order valence-electron chi connectivity index (χ1n) is 5.45. The summed E-state index contributed by atoms with van der Waals surface area (Å²) in [6.07, 6.45) is 1.08. The van der Waals surface area contributed by atoms with Crippen molar-refractivity contribution in [3.8, 4) is 0 Å². The average Bonchev–Trinajstić information content (AvgIpc) is 2.21. The normalized spacial score (nSPS) is 24.5. The van der Waals surface area contributed by atoms with E-state index in [0.717, 1.165) is 13.0 Å². The van der Waals surface area contributed by atoms with Gasteiger partial charge in [0, 0.05) is 16.2 Å². The van der Waals surface area contributed by atoms with Gasteiger partial charge < -0.3 is 11.1 Å². The minimum absolute atomic E-state index is 0.507. The summed E-state index contributed by atoms with van der Waals surface area (Å²) in [6, 6.07) is 6.97. The Labute approximate surface area is 95.6 Å². The lowest BCUT2D eigenvalue weighted by molar-refractivity contribution is 0.671. The molecule has 2 atom stereocenters. The van der Waals surface area contributed by atoms with Gasteiger partial charge >= 0.3 is 0 Å². The molecule has 1 heterocycles. The van der Waals surface area contributed by atoms with Crippen molar-refractivity contribution < 1.29 is 0 Å². The molecule has 1 aromatic rings. The van der Waals surface area contributed by atoms with Crippen LogP contribution in [0.25, 0.3) is 0 Å². The molecule has 2 nitrogen and oxygen atoms in total. The van der Waals surface area contributed by atoms with Crippen LogP contribution in [0.2, 0.25) is 0 Å². The molecule has 1 aliphatic rings. The van der Waals surface area contributed by atoms with E-state index in [1.54, 1.807) is 0 Å². The van der Waals surface area contributed by atoms with Crippen LogP contribution in [0, 0.1) is 6.92 Å². The predicted octanol–water partition coefficient (Wildman–Crippen LogP) is 2.62. The number of nitrogens with one attached hydrogen (secondary N) is 1. The van der Waals surface area contributed by atoms with Gasteiger partial charge in [-0.15, -0.1) is 11.8 Å². The lowest BCUT2D eigenvalue weighted by Crippen LogP contribution is -2.33. The quantitative estimate of drug-likeness (QED) is 0.808. The third kappa shape index (κ3) is 2.13. The number of rotatable bonds is 2. The molecule has 0 saturated carbocycles. The van der Waals surface area contributed by atoms with Crippen LogP contribution in [0.4, 0.5) is 5.69 Å². The summed E-state index contributed by atoms with van der Waals surface area (Å²) in [5, 5.41) is 4.19. The lowest BCUT2D eigenvalue weighted by Gasteiger charge is -2.32. The van der Waals surface area contributed by atoms with Crippen molar-refractivity contribution in [1.82, 2.24) is 0 Å². The van der Waals surface area contributed by atoms with Crippen LogP contribution < -0.4 is 11.1 Å². The summed E-state index contributed by atoms with van der Waals surface area (Å²) >= 11 is 1.96. The molecule has 0 radical (unpaired) electrons. The van der Waals surface area contributed by atoms with Gasteiger partial charge in [0.25, 0.3) is 0 Å². The zero-order valence-electron chi connectivity index (χ0n) is 9.29. The van der Waals surface area contributed by atoms with Gasteiger partial charge in [-0.2, -0.15) is 0 Å². The molecule has 2 rings (SSSR count). The number of hydrogen-bond acceptors (Lipinski definition) is 3. The Morgan fingerprint density at radius 3 is 3.00 bits per heavy atom. The molecular formula is C12H18N2S. The molecule has 0 aromatic heterocycles. The molecule has 2 unspecified atom stereocenters. The Morgan fingerprint density at radius 1 is 1.47 bits per heavy atom. The Bertz CT molecular complexity index is 351. The molecule has 0 fully saturated rings. The smallest absolute Gasteiger partial charge is 0.0510 e. The first-order valence-corrected chi connectivity index (χ1v) is 6.33. The Kier molecular flexibility index (Phi) is 3.22. The molecule has 3 N–H and O–H groups in total. The van der Waals surface area contributed by atoms with E-state index in [2.05, 4.69) is 37.4 Å². The first-order chi connectivity index (χ1) is 7.22. The molecule has 1 aromatic carbocycles. The van der Waals surface area contributed by atoms with Crippen molar-refractivity contribution >= 4 is 17.4 Å². The van der Waals surface area contributed by atoms with Gasteiger partial charge in [-0.3, -0.25) is 0 Å². The van der Waals surface area contributed by atoms with E-state index in [1.807, 2.05) is 11.8 Å². The second-order valence-corrected chi connectivity index (χ2v) is 5.40. The fourth-order valence-electron chi connectivity index (χ4n) is 1.98. The van der Waals surface area contributed by atoms with Crippen LogP contribution in [0.15, 0.2) is 23.1 Å². The zero-order valence-corrected chi connectivity index (χ0v) is 10.1. The number of aryl methyl sites for hydroxylation is 1. The third-order valence-corrected chi connectivity index (χ3v) is 4.43. The van der Waals surface area contributed by atoms with Crippen molar-refractivity contribution in [2.45, 2.75) is 36.5 Å². The highest BCUT2D eigenvalue weighted by Gasteiger charge is 2.25. The number of anilines is 1. The molecule has 82 valence electrons. The molecule has 1 aliphatic heterocycles. The maximum absolute atomic E-state index is 5.63. The monoisotopic (exact) mass is 222 g/mol. The number of hydrogen-bond donors (Lipinski definition) is 2. The van der Waals surface area contributed by atoms with Gasteiger partial charge in [0.15, 0.2) is 0 Å². The second-order valence-electron chi connectivity index (χ2n) is 4.11. The largest absolute Gasteiger partial charge is 0.380 e. The van der Waals surface area contributed by atoms with Gasteiger partial charge in [0.2, 0.25) is 0 Å². The molecule has 0 aliphatic carbocycles. The molecule has 0 amide bonds. The Balaban J connectivity index is 2.25. The highest BCUT2D eigenvalue weighted by atomic mass is 32.2. The minimum atomic E-state index is 0.507. The SMILES string of the molecule is Cc1cccc2c1NC(C)C(CCN)S2. The van der Waals surface area contributed by atoms with E-state index in [0.29, 0.717) is 11.3 Å². The number of para-hydroxylation sites is 1. The standard InChI is InChI=1S/C12H18N2S/c1-8-4-3-5-11-12(8)14-9(2)10(15-11)6-7-13/h3-5,9-10,14H,6-7,13H2,1-2H3. The summed E-state index contributed by atoms with van der Waals surface area (Å²) < 4.78 is 0. The fourth-order valence-corrected chi connectivity index (χ4v) is 3.33. The van der Waals surface area contributed by atoms with E-state index in [1.165, 1.54) is 16.1 Å². The van der Waals surface area contributed by atoms with E-state index < -0.39 is 0 Å². The Morgan fingerprint density at radius 2 is 2.27 bits per heavy atom. The predicted molar refractivity (Wildman–Crippen MR) is 67.6 cm³/mol. The molecule has 0 saturated heterocycles. The minimum Gasteiger partial charge on any atom is -0.380 e. The van der Waals surface area contributed by atoms with Crippen molar-refractivity contribution in [2.75, 3.05) is 11.9 Å². The molecule has 3 heteroatoms. The van der Waals surface area contributed by atoms with Crippen molar-refractivity contribution in [1.29, 1.82) is 0 Å². The summed E-state index contributed by atoms with van der Waals surface area (Å²) in [5.41, 5.74) is 8.27. The summed E-state index contributed by atoms with van der Waals surface area (Å²) in [5.74, 6) is 0. The highest BCUT2D eigenvalue weighted by Crippen LogP contribution is 2.40. The van der Waals surface area contributed by atoms with Crippen LogP contribution >= 0.6 is 11.8 Å². The van der Waals surface area contributed by atoms with Crippen molar-refractivity contribution in [3.05, 3.63) is 23.8 Å². The maximum atomic E-state index is 5.63. The summed E-state index contributed by atoms with van der Waals surface area (Å²) in [7, 11) is 0. The topological polar surface area (TPSA) is 38.0 Å². The van der Waals surface area contributed by atoms with Crippen molar-refractivity contribution in [2.24, 2.45) is 5.73 Å². The van der Waals surface area contributed by atoms with Gasteiger partial charge in [-0.1, -0.05) is 12.1 Å². The van der Waals surface area contributed by atoms with E-state index >= 15 is 0 Å². The van der Waals surface area contributed by atoms with E-state index in [4.69, 9.17) is 5.73 Å². The molecule has 0 spiro atoms. The van der Waals surface area contributed by atoms with Crippen LogP contribution in [0.5, 0.6) is 0 Å². The number of thioether (sulfide) groups is 1. The van der Waals surface area contributed by atoms with Gasteiger partial charge in [-0.05, 0) is 38.4 Å². The lowest BCUT2D eigenvalue weighted by atomic mass is 10.1. The fraction of sp³-hybridized carbons (Fsp3) is 0.500. The zero-order chi connectivity index (χ0) is 10.8. The number of fused-ring (bicyclic) bond motifs is 1. The number of benzene rings is 1. The van der Waals surface area contributed by atoms with Gasteiger partial charge in [0.1, 0.15) is 0 Å². The molecular weight excluding hydrogens is 204 g/mol. The first kappa shape index (κ1) is 10.8.